The van der Waals surface area contributed by atoms with E-state index in [1.54, 1.807) is 0 Å². The molecule has 0 aliphatic carbocycles. The van der Waals surface area contributed by atoms with Gasteiger partial charge >= 0.3 is 6.03 Å². The molecule has 2 fully saturated rings. The third-order valence-corrected chi connectivity index (χ3v) is 3.87. The fraction of sp³-hybridized carbons (Fsp3) is 0.867. The Morgan fingerprint density at radius 2 is 2.00 bits per heavy atom. The van der Waals surface area contributed by atoms with Gasteiger partial charge in [0.1, 0.15) is 0 Å². The van der Waals surface area contributed by atoms with E-state index in [2.05, 4.69) is 10.6 Å². The Hall–Kier alpha value is -1.30. The van der Waals surface area contributed by atoms with Gasteiger partial charge in [-0.15, -0.1) is 0 Å². The fourth-order valence-corrected chi connectivity index (χ4v) is 3.06. The van der Waals surface area contributed by atoms with E-state index in [4.69, 9.17) is 4.74 Å². The summed E-state index contributed by atoms with van der Waals surface area (Å²) in [5.41, 5.74) is -0.282. The zero-order chi connectivity index (χ0) is 15.5. The molecule has 2 N–H and O–H groups in total. The smallest absolute Gasteiger partial charge is 0.318 e. The van der Waals surface area contributed by atoms with Crippen molar-refractivity contribution in [3.63, 3.8) is 0 Å². The van der Waals surface area contributed by atoms with Crippen molar-refractivity contribution in [2.24, 2.45) is 0 Å². The number of carbonyl (C=O) groups excluding carboxylic acids is 2. The van der Waals surface area contributed by atoms with E-state index >= 15 is 0 Å². The summed E-state index contributed by atoms with van der Waals surface area (Å²) in [4.78, 5) is 25.8. The van der Waals surface area contributed by atoms with E-state index in [1.165, 1.54) is 0 Å². The van der Waals surface area contributed by atoms with Crippen LogP contribution in [0.4, 0.5) is 4.79 Å². The molecule has 0 radical (unpaired) electrons. The van der Waals surface area contributed by atoms with Crippen molar-refractivity contribution < 1.29 is 14.3 Å². The molecule has 0 spiro atoms. The molecule has 2 rings (SSSR count). The Morgan fingerprint density at radius 1 is 1.24 bits per heavy atom. The molecular weight excluding hydrogens is 270 g/mol. The lowest BCUT2D eigenvalue weighted by atomic mass is 10.1. The summed E-state index contributed by atoms with van der Waals surface area (Å²) < 4.78 is 5.71. The van der Waals surface area contributed by atoms with E-state index in [-0.39, 0.29) is 36.2 Å². The Balaban J connectivity index is 1.80. The summed E-state index contributed by atoms with van der Waals surface area (Å²) in [6.45, 7) is 7.31. The van der Waals surface area contributed by atoms with E-state index in [9.17, 15) is 9.59 Å². The summed E-state index contributed by atoms with van der Waals surface area (Å²) in [6, 6.07) is 0.00948. The number of likely N-dealkylation sites (tertiary alicyclic amines) is 1. The van der Waals surface area contributed by atoms with Crippen LogP contribution in [0.3, 0.4) is 0 Å². The lowest BCUT2D eigenvalue weighted by Crippen LogP contribution is -2.51. The predicted octanol–water partition coefficient (Wildman–Crippen LogP) is 1.25. The third-order valence-electron chi connectivity index (χ3n) is 3.87. The van der Waals surface area contributed by atoms with Gasteiger partial charge in [-0.2, -0.15) is 0 Å². The van der Waals surface area contributed by atoms with Crippen LogP contribution in [0.2, 0.25) is 0 Å². The van der Waals surface area contributed by atoms with Crippen molar-refractivity contribution in [3.8, 4) is 0 Å². The molecule has 6 nitrogen and oxygen atoms in total. The van der Waals surface area contributed by atoms with Crippen LogP contribution < -0.4 is 10.6 Å². The van der Waals surface area contributed by atoms with Gasteiger partial charge in [0.2, 0.25) is 5.91 Å². The topological polar surface area (TPSA) is 70.7 Å². The van der Waals surface area contributed by atoms with Crippen LogP contribution in [-0.4, -0.2) is 54.2 Å². The highest BCUT2D eigenvalue weighted by Gasteiger charge is 2.36. The molecule has 3 amide bonds. The summed E-state index contributed by atoms with van der Waals surface area (Å²) in [5, 5.41) is 5.55. The molecule has 2 saturated heterocycles. The van der Waals surface area contributed by atoms with Crippen LogP contribution in [0.25, 0.3) is 0 Å². The Bertz CT molecular complexity index is 386. The lowest BCUT2D eigenvalue weighted by molar-refractivity contribution is -0.121. The van der Waals surface area contributed by atoms with Crippen molar-refractivity contribution in [1.29, 1.82) is 0 Å². The minimum atomic E-state index is -0.282. The van der Waals surface area contributed by atoms with E-state index < -0.39 is 0 Å². The second-order valence-electron chi connectivity index (χ2n) is 6.91. The molecule has 2 heterocycles. The van der Waals surface area contributed by atoms with Crippen LogP contribution in [0.1, 0.15) is 46.5 Å². The predicted molar refractivity (Wildman–Crippen MR) is 80.0 cm³/mol. The first-order valence-electron chi connectivity index (χ1n) is 7.84. The molecule has 0 unspecified atom stereocenters. The average Bonchev–Trinajstić information content (AvgIpc) is 3.03. The normalized spacial score (nSPS) is 26.0. The Kier molecular flexibility index (Phi) is 5.08. The zero-order valence-electron chi connectivity index (χ0n) is 13.3. The van der Waals surface area contributed by atoms with Gasteiger partial charge in [-0.1, -0.05) is 0 Å². The highest BCUT2D eigenvalue weighted by Crippen LogP contribution is 2.27. The molecule has 0 aromatic carbocycles. The second kappa shape index (κ2) is 6.64. The molecule has 21 heavy (non-hydrogen) atoms. The molecule has 2 aliphatic rings. The molecule has 0 bridgehead atoms. The molecular formula is C15H27N3O3. The number of hydrogen-bond acceptors (Lipinski definition) is 3. The minimum Gasteiger partial charge on any atom is -0.376 e. The van der Waals surface area contributed by atoms with E-state index in [0.29, 0.717) is 0 Å². The van der Waals surface area contributed by atoms with Crippen molar-refractivity contribution in [2.75, 3.05) is 19.7 Å². The minimum absolute atomic E-state index is 0.0187. The van der Waals surface area contributed by atoms with Crippen LogP contribution >= 0.6 is 0 Å². The highest BCUT2D eigenvalue weighted by atomic mass is 16.5. The van der Waals surface area contributed by atoms with Gasteiger partial charge < -0.3 is 20.3 Å². The number of amides is 3. The maximum Gasteiger partial charge on any atom is 0.318 e. The number of hydrogen-bond donors (Lipinski definition) is 2. The largest absolute Gasteiger partial charge is 0.376 e. The summed E-state index contributed by atoms with van der Waals surface area (Å²) in [7, 11) is 0. The number of ether oxygens (including phenoxy) is 1. The summed E-state index contributed by atoms with van der Waals surface area (Å²) >= 11 is 0. The Labute approximate surface area is 126 Å². The number of urea groups is 1. The molecule has 6 heteroatoms. The first-order chi connectivity index (χ1) is 9.87. The van der Waals surface area contributed by atoms with Crippen molar-refractivity contribution in [3.05, 3.63) is 0 Å². The van der Waals surface area contributed by atoms with Crippen molar-refractivity contribution in [2.45, 2.75) is 64.1 Å². The molecule has 0 aromatic heterocycles. The molecule has 120 valence electrons. The van der Waals surface area contributed by atoms with Crippen LogP contribution in [0, 0.1) is 0 Å². The molecule has 0 saturated carbocycles. The highest BCUT2D eigenvalue weighted by molar-refractivity contribution is 5.84. The third kappa shape index (κ3) is 4.59. The standard InChI is InChI=1S/C15H27N3O3/c1-15(2,3)17-13(19)10-16-14(20)18-8-4-6-11(18)12-7-5-9-21-12/h11-12H,4-10H2,1-3H3,(H,16,20)(H,17,19)/t11-,12-/m0/s1. The molecule has 2 aliphatic heterocycles. The zero-order valence-corrected chi connectivity index (χ0v) is 13.3. The van der Waals surface area contributed by atoms with Gasteiger partial charge in [0.05, 0.1) is 18.7 Å². The van der Waals surface area contributed by atoms with E-state index in [0.717, 1.165) is 38.8 Å². The van der Waals surface area contributed by atoms with Gasteiger partial charge in [0.25, 0.3) is 0 Å². The fourth-order valence-electron chi connectivity index (χ4n) is 3.06. The number of rotatable bonds is 3. The maximum absolute atomic E-state index is 12.3. The Morgan fingerprint density at radius 3 is 2.62 bits per heavy atom. The monoisotopic (exact) mass is 297 g/mol. The summed E-state index contributed by atoms with van der Waals surface area (Å²) in [6.07, 6.45) is 4.27. The van der Waals surface area contributed by atoms with Crippen LogP contribution in [0.5, 0.6) is 0 Å². The number of nitrogens with one attached hydrogen (secondary N) is 2. The molecule has 2 atom stereocenters. The van der Waals surface area contributed by atoms with Gasteiger partial charge in [-0.25, -0.2) is 4.79 Å². The van der Waals surface area contributed by atoms with Gasteiger partial charge in [0.15, 0.2) is 0 Å². The van der Waals surface area contributed by atoms with Crippen LogP contribution in [-0.2, 0) is 9.53 Å². The maximum atomic E-state index is 12.3. The first-order valence-corrected chi connectivity index (χ1v) is 7.84. The average molecular weight is 297 g/mol. The van der Waals surface area contributed by atoms with Gasteiger partial charge in [0, 0.05) is 18.7 Å². The van der Waals surface area contributed by atoms with Gasteiger partial charge in [-0.3, -0.25) is 4.79 Å². The second-order valence-corrected chi connectivity index (χ2v) is 6.91. The van der Waals surface area contributed by atoms with Crippen LogP contribution in [0.15, 0.2) is 0 Å². The van der Waals surface area contributed by atoms with Gasteiger partial charge in [-0.05, 0) is 46.5 Å². The number of nitrogens with zero attached hydrogens (tertiary/aromatic N) is 1. The van der Waals surface area contributed by atoms with Crippen molar-refractivity contribution >= 4 is 11.9 Å². The molecule has 0 aromatic rings. The first kappa shape index (κ1) is 16.1. The lowest BCUT2D eigenvalue weighted by Gasteiger charge is -2.29. The van der Waals surface area contributed by atoms with Crippen molar-refractivity contribution in [1.82, 2.24) is 15.5 Å². The quantitative estimate of drug-likeness (QED) is 0.824. The summed E-state index contributed by atoms with van der Waals surface area (Å²) in [5.74, 6) is -0.163. The number of carbonyl (C=O) groups is 2. The SMILES string of the molecule is CC(C)(C)NC(=O)CNC(=O)N1CCC[C@H]1[C@@H]1CCCO1. The van der Waals surface area contributed by atoms with E-state index in [1.807, 2.05) is 25.7 Å².